The zero-order chi connectivity index (χ0) is 15.0. The Balaban J connectivity index is 1.76. The summed E-state index contributed by atoms with van der Waals surface area (Å²) < 4.78 is 0. The minimum absolute atomic E-state index is 0.0572. The second-order valence-electron chi connectivity index (χ2n) is 5.85. The van der Waals surface area contributed by atoms with Crippen LogP contribution >= 0.6 is 11.6 Å². The van der Waals surface area contributed by atoms with Crippen LogP contribution in [-0.4, -0.2) is 40.1 Å². The number of aliphatic hydroxyl groups excluding tert-OH is 1. The second-order valence-corrected chi connectivity index (χ2v) is 6.29. The number of aliphatic hydroxyl groups is 1. The van der Waals surface area contributed by atoms with Crippen LogP contribution in [0.25, 0.3) is 10.9 Å². The highest BCUT2D eigenvalue weighted by Crippen LogP contribution is 2.24. The van der Waals surface area contributed by atoms with Gasteiger partial charge in [0.05, 0.1) is 12.5 Å². The van der Waals surface area contributed by atoms with E-state index in [1.807, 2.05) is 31.3 Å². The molecule has 0 radical (unpaired) electrons. The van der Waals surface area contributed by atoms with E-state index in [1.54, 1.807) is 4.90 Å². The van der Waals surface area contributed by atoms with Crippen LogP contribution < -0.4 is 0 Å². The van der Waals surface area contributed by atoms with Crippen LogP contribution in [0.15, 0.2) is 24.4 Å². The number of hydrogen-bond acceptors (Lipinski definition) is 2. The van der Waals surface area contributed by atoms with Gasteiger partial charge in [0.1, 0.15) is 0 Å². The van der Waals surface area contributed by atoms with Gasteiger partial charge in [-0.3, -0.25) is 4.79 Å². The summed E-state index contributed by atoms with van der Waals surface area (Å²) in [5.74, 6) is 0.322. The lowest BCUT2D eigenvalue weighted by atomic mass is 9.95. The Kier molecular flexibility index (Phi) is 3.91. The molecule has 2 aromatic rings. The predicted octanol–water partition coefficient (Wildman–Crippen LogP) is 2.59. The van der Waals surface area contributed by atoms with Gasteiger partial charge in [-0.2, -0.15) is 0 Å². The van der Waals surface area contributed by atoms with E-state index in [9.17, 15) is 9.90 Å². The third-order valence-electron chi connectivity index (χ3n) is 4.34. The van der Waals surface area contributed by atoms with Crippen molar-refractivity contribution >= 4 is 28.4 Å². The van der Waals surface area contributed by atoms with Gasteiger partial charge in [-0.1, -0.05) is 18.5 Å². The molecule has 4 nitrogen and oxygen atoms in total. The minimum atomic E-state index is -0.417. The first-order valence-electron chi connectivity index (χ1n) is 7.26. The number of halogens is 1. The molecule has 2 unspecified atom stereocenters. The molecule has 1 aliphatic rings. The minimum Gasteiger partial charge on any atom is -0.391 e. The summed E-state index contributed by atoms with van der Waals surface area (Å²) in [6.07, 6.45) is 2.63. The van der Waals surface area contributed by atoms with E-state index in [2.05, 4.69) is 4.98 Å². The van der Waals surface area contributed by atoms with Crippen molar-refractivity contribution in [2.45, 2.75) is 25.9 Å². The molecular formula is C16H19ClN2O2. The molecule has 1 saturated heterocycles. The zero-order valence-corrected chi connectivity index (χ0v) is 12.7. The fourth-order valence-electron chi connectivity index (χ4n) is 2.85. The lowest BCUT2D eigenvalue weighted by molar-refractivity contribution is -0.134. The van der Waals surface area contributed by atoms with Crippen molar-refractivity contribution in [3.8, 4) is 0 Å². The molecule has 0 aliphatic carbocycles. The monoisotopic (exact) mass is 306 g/mol. The summed E-state index contributed by atoms with van der Waals surface area (Å²) in [5.41, 5.74) is 1.93. The largest absolute Gasteiger partial charge is 0.391 e. The molecule has 0 saturated carbocycles. The number of aromatic amines is 1. The van der Waals surface area contributed by atoms with Gasteiger partial charge in [0.25, 0.3) is 0 Å². The number of aromatic nitrogens is 1. The molecule has 0 bridgehead atoms. The van der Waals surface area contributed by atoms with Crippen LogP contribution in [0, 0.1) is 5.92 Å². The molecule has 21 heavy (non-hydrogen) atoms. The van der Waals surface area contributed by atoms with Crippen molar-refractivity contribution < 1.29 is 9.90 Å². The summed E-state index contributed by atoms with van der Waals surface area (Å²) >= 11 is 6.03. The van der Waals surface area contributed by atoms with Crippen LogP contribution in [0.2, 0.25) is 5.02 Å². The van der Waals surface area contributed by atoms with Gasteiger partial charge in [0.2, 0.25) is 5.91 Å². The van der Waals surface area contributed by atoms with E-state index in [0.29, 0.717) is 18.0 Å². The zero-order valence-electron chi connectivity index (χ0n) is 12.0. The third-order valence-corrected chi connectivity index (χ3v) is 4.58. The van der Waals surface area contributed by atoms with Gasteiger partial charge in [-0.05, 0) is 36.1 Å². The maximum atomic E-state index is 12.4. The van der Waals surface area contributed by atoms with Crippen LogP contribution in [0.1, 0.15) is 18.9 Å². The summed E-state index contributed by atoms with van der Waals surface area (Å²) in [7, 11) is 0. The Bertz CT molecular complexity index is 667. The quantitative estimate of drug-likeness (QED) is 0.896. The second kappa shape index (κ2) is 5.70. The number of piperidine rings is 1. The molecule has 1 amide bonds. The molecule has 1 aromatic heterocycles. The van der Waals surface area contributed by atoms with Crippen molar-refractivity contribution in [2.75, 3.05) is 13.1 Å². The fourth-order valence-corrected chi connectivity index (χ4v) is 3.02. The highest BCUT2D eigenvalue weighted by atomic mass is 35.5. The van der Waals surface area contributed by atoms with E-state index in [4.69, 9.17) is 11.6 Å². The molecule has 5 heteroatoms. The Morgan fingerprint density at radius 3 is 3.10 bits per heavy atom. The molecule has 0 spiro atoms. The number of H-pyrrole nitrogens is 1. The number of nitrogens with zero attached hydrogens (tertiary/aromatic N) is 1. The molecule has 1 fully saturated rings. The van der Waals surface area contributed by atoms with E-state index in [1.165, 1.54) is 0 Å². The number of fused-ring (bicyclic) bond motifs is 1. The average molecular weight is 307 g/mol. The summed E-state index contributed by atoms with van der Waals surface area (Å²) in [4.78, 5) is 17.3. The van der Waals surface area contributed by atoms with Crippen molar-refractivity contribution in [3.63, 3.8) is 0 Å². The van der Waals surface area contributed by atoms with Crippen LogP contribution in [0.3, 0.4) is 0 Å². The Hall–Kier alpha value is -1.52. The van der Waals surface area contributed by atoms with Gasteiger partial charge in [0.15, 0.2) is 0 Å². The lowest BCUT2D eigenvalue weighted by Crippen LogP contribution is -2.46. The van der Waals surface area contributed by atoms with Crippen molar-refractivity contribution in [2.24, 2.45) is 5.92 Å². The van der Waals surface area contributed by atoms with Crippen LogP contribution in [0.5, 0.6) is 0 Å². The SMILES string of the molecule is CC1CCN(C(=O)Cc2c[nH]c3ccc(Cl)cc23)CC1O. The lowest BCUT2D eigenvalue weighted by Gasteiger charge is -2.34. The summed E-state index contributed by atoms with van der Waals surface area (Å²) in [6, 6.07) is 5.62. The smallest absolute Gasteiger partial charge is 0.227 e. The average Bonchev–Trinajstić information content (AvgIpc) is 2.84. The van der Waals surface area contributed by atoms with E-state index < -0.39 is 6.10 Å². The number of carbonyl (C=O) groups is 1. The molecule has 1 aromatic carbocycles. The molecule has 1 aliphatic heterocycles. The van der Waals surface area contributed by atoms with Crippen molar-refractivity contribution in [1.29, 1.82) is 0 Å². The molecular weight excluding hydrogens is 288 g/mol. The van der Waals surface area contributed by atoms with E-state index in [-0.39, 0.29) is 11.8 Å². The highest BCUT2D eigenvalue weighted by molar-refractivity contribution is 6.31. The fraction of sp³-hybridized carbons (Fsp3) is 0.438. The molecule has 2 atom stereocenters. The van der Waals surface area contributed by atoms with Gasteiger partial charge in [0, 0.05) is 35.2 Å². The van der Waals surface area contributed by atoms with Gasteiger partial charge in [-0.15, -0.1) is 0 Å². The number of β-amino-alcohol motifs (C(OH)–C–C–N with tert-alkyl or cyclic N) is 1. The van der Waals surface area contributed by atoms with Gasteiger partial charge < -0.3 is 15.0 Å². The summed E-state index contributed by atoms with van der Waals surface area (Å²) in [6.45, 7) is 3.18. The molecule has 3 rings (SSSR count). The number of rotatable bonds is 2. The van der Waals surface area contributed by atoms with E-state index in [0.717, 1.165) is 29.4 Å². The normalized spacial score (nSPS) is 22.7. The maximum absolute atomic E-state index is 12.4. The third kappa shape index (κ3) is 2.92. The van der Waals surface area contributed by atoms with Crippen molar-refractivity contribution in [1.82, 2.24) is 9.88 Å². The Morgan fingerprint density at radius 1 is 1.52 bits per heavy atom. The van der Waals surface area contributed by atoms with E-state index >= 15 is 0 Å². The Labute approximate surface area is 128 Å². The first kappa shape index (κ1) is 14.4. The topological polar surface area (TPSA) is 56.3 Å². The van der Waals surface area contributed by atoms with Gasteiger partial charge in [-0.25, -0.2) is 0 Å². The number of likely N-dealkylation sites (tertiary alicyclic amines) is 1. The highest BCUT2D eigenvalue weighted by Gasteiger charge is 2.27. The number of benzene rings is 1. The molecule has 2 heterocycles. The number of amides is 1. The van der Waals surface area contributed by atoms with Crippen molar-refractivity contribution in [3.05, 3.63) is 35.0 Å². The van der Waals surface area contributed by atoms with Crippen LogP contribution in [0.4, 0.5) is 0 Å². The van der Waals surface area contributed by atoms with Crippen LogP contribution in [-0.2, 0) is 11.2 Å². The Morgan fingerprint density at radius 2 is 2.33 bits per heavy atom. The van der Waals surface area contributed by atoms with Gasteiger partial charge >= 0.3 is 0 Å². The maximum Gasteiger partial charge on any atom is 0.227 e. The first-order chi connectivity index (χ1) is 10.0. The predicted molar refractivity (Wildman–Crippen MR) is 83.4 cm³/mol. The number of carbonyl (C=O) groups excluding carboxylic acids is 1. The first-order valence-corrected chi connectivity index (χ1v) is 7.64. The summed E-state index contributed by atoms with van der Waals surface area (Å²) in [5, 5.41) is 11.6. The molecule has 112 valence electrons. The number of hydrogen-bond donors (Lipinski definition) is 2. The molecule has 2 N–H and O–H groups in total. The standard InChI is InChI=1S/C16H19ClN2O2/c1-10-4-5-19(9-15(10)20)16(21)6-11-8-18-14-3-2-12(17)7-13(11)14/h2-3,7-8,10,15,18,20H,4-6,9H2,1H3. The number of nitrogens with one attached hydrogen (secondary N) is 1.